The van der Waals surface area contributed by atoms with E-state index in [1.807, 2.05) is 11.8 Å². The highest BCUT2D eigenvalue weighted by atomic mass is 16.5. The summed E-state index contributed by atoms with van der Waals surface area (Å²) in [6.07, 6.45) is 4.67. The zero-order chi connectivity index (χ0) is 16.8. The Morgan fingerprint density at radius 3 is 2.61 bits per heavy atom. The lowest BCUT2D eigenvalue weighted by Gasteiger charge is -2.42. The average Bonchev–Trinajstić information content (AvgIpc) is 2.99. The summed E-state index contributed by atoms with van der Waals surface area (Å²) in [7, 11) is 0. The third-order valence-corrected chi connectivity index (χ3v) is 4.88. The van der Waals surface area contributed by atoms with Gasteiger partial charge in [0.1, 0.15) is 0 Å². The molecular formula is C16H29N3O4. The molecule has 3 N–H and O–H groups in total. The van der Waals surface area contributed by atoms with E-state index in [1.54, 1.807) is 0 Å². The molecule has 1 saturated carbocycles. The molecule has 0 aromatic heterocycles. The Labute approximate surface area is 137 Å². The van der Waals surface area contributed by atoms with Crippen molar-refractivity contribution in [2.75, 3.05) is 19.7 Å². The maximum Gasteiger partial charge on any atom is 0.317 e. The van der Waals surface area contributed by atoms with Gasteiger partial charge in [-0.1, -0.05) is 13.8 Å². The lowest BCUT2D eigenvalue weighted by atomic mass is 9.85. The van der Waals surface area contributed by atoms with Gasteiger partial charge >= 0.3 is 12.0 Å². The van der Waals surface area contributed by atoms with Crippen molar-refractivity contribution in [3.8, 4) is 0 Å². The Kier molecular flexibility index (Phi) is 6.65. The van der Waals surface area contributed by atoms with E-state index in [9.17, 15) is 9.59 Å². The maximum atomic E-state index is 12.1. The minimum atomic E-state index is -0.802. The van der Waals surface area contributed by atoms with Crippen molar-refractivity contribution in [3.63, 3.8) is 0 Å². The Balaban J connectivity index is 1.69. The number of aliphatic carboxylic acids is 1. The molecule has 0 aromatic rings. The second-order valence-corrected chi connectivity index (χ2v) is 6.46. The minimum Gasteiger partial charge on any atom is -0.480 e. The van der Waals surface area contributed by atoms with Crippen LogP contribution in [-0.2, 0) is 9.53 Å². The Morgan fingerprint density at radius 2 is 2.09 bits per heavy atom. The molecule has 0 bridgehead atoms. The minimum absolute atomic E-state index is 0.0625. The van der Waals surface area contributed by atoms with Crippen molar-refractivity contribution in [2.45, 2.75) is 70.2 Å². The molecule has 1 aliphatic carbocycles. The molecule has 2 unspecified atom stereocenters. The van der Waals surface area contributed by atoms with E-state index in [2.05, 4.69) is 17.6 Å². The van der Waals surface area contributed by atoms with Crippen LogP contribution < -0.4 is 10.6 Å². The molecule has 1 aliphatic heterocycles. The van der Waals surface area contributed by atoms with Crippen molar-refractivity contribution in [1.29, 1.82) is 0 Å². The van der Waals surface area contributed by atoms with Gasteiger partial charge in [-0.15, -0.1) is 0 Å². The first-order chi connectivity index (χ1) is 11.0. The van der Waals surface area contributed by atoms with Gasteiger partial charge in [-0.3, -0.25) is 9.69 Å². The number of hydrogen-bond donors (Lipinski definition) is 3. The van der Waals surface area contributed by atoms with Gasteiger partial charge in [0.05, 0.1) is 18.7 Å². The van der Waals surface area contributed by atoms with Gasteiger partial charge in [-0.05, 0) is 38.6 Å². The highest BCUT2D eigenvalue weighted by Crippen LogP contribution is 2.25. The molecule has 0 aromatic carbocycles. The lowest BCUT2D eigenvalue weighted by molar-refractivity contribution is -0.139. The van der Waals surface area contributed by atoms with E-state index in [-0.39, 0.29) is 36.8 Å². The summed E-state index contributed by atoms with van der Waals surface area (Å²) >= 11 is 0. The first-order valence-corrected chi connectivity index (χ1v) is 8.67. The molecule has 2 rings (SSSR count). The molecule has 7 nitrogen and oxygen atoms in total. The standard InChI is InChI=1S/C16H29N3O4/c1-3-13(14-6-5-7-23-14)18-16(22)17-11-8-12(9-11)19(4-2)10-15(20)21/h11-14H,3-10H2,1-2H3,(H,20,21)(H2,17,18,22). The van der Waals surface area contributed by atoms with Crippen LogP contribution in [0.4, 0.5) is 4.79 Å². The van der Waals surface area contributed by atoms with Crippen molar-refractivity contribution in [3.05, 3.63) is 0 Å². The van der Waals surface area contributed by atoms with E-state index < -0.39 is 5.97 Å². The third-order valence-electron chi connectivity index (χ3n) is 4.88. The predicted octanol–water partition coefficient (Wildman–Crippen LogP) is 1.18. The maximum absolute atomic E-state index is 12.1. The van der Waals surface area contributed by atoms with Crippen molar-refractivity contribution in [1.82, 2.24) is 15.5 Å². The number of carbonyl (C=O) groups excluding carboxylic acids is 1. The molecular weight excluding hydrogens is 298 g/mol. The van der Waals surface area contributed by atoms with Gasteiger partial charge in [0.25, 0.3) is 0 Å². The first kappa shape index (κ1) is 18.0. The van der Waals surface area contributed by atoms with Crippen LogP contribution in [-0.4, -0.2) is 65.9 Å². The van der Waals surface area contributed by atoms with Gasteiger partial charge in [0, 0.05) is 18.7 Å². The number of hydrogen-bond acceptors (Lipinski definition) is 4. The number of rotatable bonds is 8. The average molecular weight is 327 g/mol. The summed E-state index contributed by atoms with van der Waals surface area (Å²) in [4.78, 5) is 24.9. The molecule has 2 aliphatic rings. The number of nitrogens with one attached hydrogen (secondary N) is 2. The number of ether oxygens (including phenoxy) is 1. The topological polar surface area (TPSA) is 90.9 Å². The van der Waals surface area contributed by atoms with Gasteiger partial charge in [0.15, 0.2) is 0 Å². The van der Waals surface area contributed by atoms with Crippen LogP contribution in [0.25, 0.3) is 0 Å². The van der Waals surface area contributed by atoms with Gasteiger partial charge in [-0.2, -0.15) is 0 Å². The molecule has 23 heavy (non-hydrogen) atoms. The molecule has 2 fully saturated rings. The summed E-state index contributed by atoms with van der Waals surface area (Å²) in [6, 6.07) is 0.302. The quantitative estimate of drug-likeness (QED) is 0.623. The molecule has 132 valence electrons. The van der Waals surface area contributed by atoms with E-state index in [4.69, 9.17) is 9.84 Å². The number of carbonyl (C=O) groups is 2. The summed E-state index contributed by atoms with van der Waals surface area (Å²) < 4.78 is 5.65. The van der Waals surface area contributed by atoms with Gasteiger partial charge < -0.3 is 20.5 Å². The van der Waals surface area contributed by atoms with Crippen molar-refractivity contribution in [2.24, 2.45) is 0 Å². The van der Waals surface area contributed by atoms with E-state index in [1.165, 1.54) is 0 Å². The second-order valence-electron chi connectivity index (χ2n) is 6.46. The van der Waals surface area contributed by atoms with E-state index >= 15 is 0 Å². The first-order valence-electron chi connectivity index (χ1n) is 8.67. The predicted molar refractivity (Wildman–Crippen MR) is 86.4 cm³/mol. The number of nitrogens with zero attached hydrogens (tertiary/aromatic N) is 1. The number of likely N-dealkylation sites (N-methyl/N-ethyl adjacent to an activating group) is 1. The molecule has 7 heteroatoms. The molecule has 2 atom stereocenters. The summed E-state index contributed by atoms with van der Waals surface area (Å²) in [5, 5.41) is 14.9. The fourth-order valence-electron chi connectivity index (χ4n) is 3.45. The highest BCUT2D eigenvalue weighted by Gasteiger charge is 2.35. The Hall–Kier alpha value is -1.34. The monoisotopic (exact) mass is 327 g/mol. The van der Waals surface area contributed by atoms with Crippen LogP contribution in [0, 0.1) is 0 Å². The van der Waals surface area contributed by atoms with Crippen LogP contribution >= 0.6 is 0 Å². The normalized spacial score (nSPS) is 28.2. The fraction of sp³-hybridized carbons (Fsp3) is 0.875. The van der Waals surface area contributed by atoms with Gasteiger partial charge in [-0.25, -0.2) is 4.79 Å². The lowest BCUT2D eigenvalue weighted by Crippen LogP contribution is -2.57. The molecule has 1 saturated heterocycles. The van der Waals surface area contributed by atoms with Crippen molar-refractivity contribution >= 4 is 12.0 Å². The Morgan fingerprint density at radius 1 is 1.35 bits per heavy atom. The number of carboxylic acids is 1. The summed E-state index contributed by atoms with van der Waals surface area (Å²) in [5.74, 6) is -0.802. The van der Waals surface area contributed by atoms with E-state index in [0.29, 0.717) is 6.54 Å². The van der Waals surface area contributed by atoms with Crippen LogP contribution in [0.3, 0.4) is 0 Å². The summed E-state index contributed by atoms with van der Waals surface area (Å²) in [6.45, 7) is 5.58. The van der Waals surface area contributed by atoms with Crippen LogP contribution in [0.1, 0.15) is 46.0 Å². The number of urea groups is 1. The zero-order valence-electron chi connectivity index (χ0n) is 14.1. The molecule has 1 heterocycles. The largest absolute Gasteiger partial charge is 0.480 e. The van der Waals surface area contributed by atoms with Crippen LogP contribution in [0.15, 0.2) is 0 Å². The molecule has 2 amide bonds. The summed E-state index contributed by atoms with van der Waals surface area (Å²) in [5.41, 5.74) is 0. The van der Waals surface area contributed by atoms with Crippen molar-refractivity contribution < 1.29 is 19.4 Å². The van der Waals surface area contributed by atoms with Crippen LogP contribution in [0.5, 0.6) is 0 Å². The van der Waals surface area contributed by atoms with Gasteiger partial charge in [0.2, 0.25) is 0 Å². The zero-order valence-corrected chi connectivity index (χ0v) is 14.1. The number of carboxylic acid groups (broad SMARTS) is 1. The fourth-order valence-corrected chi connectivity index (χ4v) is 3.45. The highest BCUT2D eigenvalue weighted by molar-refractivity contribution is 5.74. The Bertz CT molecular complexity index is 406. The number of amides is 2. The third kappa shape index (κ3) is 5.07. The van der Waals surface area contributed by atoms with E-state index in [0.717, 1.165) is 38.7 Å². The van der Waals surface area contributed by atoms with Crippen LogP contribution in [0.2, 0.25) is 0 Å². The SMILES string of the molecule is CCC(NC(=O)NC1CC(N(CC)CC(=O)O)C1)C1CCCO1. The smallest absolute Gasteiger partial charge is 0.317 e. The molecule has 0 spiro atoms. The second kappa shape index (κ2) is 8.49. The molecule has 0 radical (unpaired) electrons.